The van der Waals surface area contributed by atoms with E-state index in [1.165, 1.54) is 0 Å². The van der Waals surface area contributed by atoms with Crippen LogP contribution in [0, 0.1) is 0 Å². The maximum absolute atomic E-state index is 12.5. The number of nitrogens with zero attached hydrogens (tertiary/aromatic N) is 1. The van der Waals surface area contributed by atoms with Crippen LogP contribution in [0.3, 0.4) is 0 Å². The van der Waals surface area contributed by atoms with Crippen LogP contribution in [0.5, 0.6) is 0 Å². The predicted molar refractivity (Wildman–Crippen MR) is 123 cm³/mol. The fourth-order valence-corrected chi connectivity index (χ4v) is 4.63. The van der Waals surface area contributed by atoms with Gasteiger partial charge in [0.25, 0.3) is 0 Å². The molecule has 1 heterocycles. The normalized spacial score (nSPS) is 15.6. The zero-order valence-electron chi connectivity index (χ0n) is 15.3. The molecule has 8 heteroatoms. The number of hydrogen-bond acceptors (Lipinski definition) is 5. The van der Waals surface area contributed by atoms with Crippen LogP contribution in [0.2, 0.25) is 0 Å². The molecule has 0 fully saturated rings. The summed E-state index contributed by atoms with van der Waals surface area (Å²) in [6, 6.07) is 24.2. The van der Waals surface area contributed by atoms with Gasteiger partial charge in [0.1, 0.15) is 5.75 Å². The summed E-state index contributed by atoms with van der Waals surface area (Å²) < 4.78 is 23.1. The molecular formula is C21H19N3O3S2. The molecule has 1 aliphatic heterocycles. The minimum atomic E-state index is -3.26. The summed E-state index contributed by atoms with van der Waals surface area (Å²) in [5, 5.41) is 3.59. The van der Waals surface area contributed by atoms with Crippen LogP contribution in [0.25, 0.3) is 0 Å². The molecule has 4 N–H and O–H groups in total. The van der Waals surface area contributed by atoms with Crippen LogP contribution in [-0.4, -0.2) is 25.8 Å². The van der Waals surface area contributed by atoms with Gasteiger partial charge in [0.05, 0.1) is 11.4 Å². The SMILES string of the molecule is O=C1CS(O)(O)Nc2c1cccc2N(C(=S)Nc1ccccc1)c1ccccc1. The van der Waals surface area contributed by atoms with Crippen molar-refractivity contribution in [2.24, 2.45) is 0 Å². The molecule has 6 nitrogen and oxygen atoms in total. The van der Waals surface area contributed by atoms with Crippen LogP contribution >= 0.6 is 23.0 Å². The number of benzene rings is 3. The van der Waals surface area contributed by atoms with E-state index in [-0.39, 0.29) is 11.5 Å². The van der Waals surface area contributed by atoms with Gasteiger partial charge in [-0.05, 0) is 48.6 Å². The third kappa shape index (κ3) is 4.10. The Labute approximate surface area is 175 Å². The fourth-order valence-electron chi connectivity index (χ4n) is 3.17. The summed E-state index contributed by atoms with van der Waals surface area (Å²) in [5.41, 5.74) is 2.89. The van der Waals surface area contributed by atoms with Crippen molar-refractivity contribution in [2.45, 2.75) is 0 Å². The molecule has 0 unspecified atom stereocenters. The number of carbonyl (C=O) groups is 1. The Morgan fingerprint density at radius 1 is 0.966 bits per heavy atom. The quantitative estimate of drug-likeness (QED) is 0.413. The number of carbonyl (C=O) groups excluding carboxylic acids is 1. The van der Waals surface area contributed by atoms with E-state index in [2.05, 4.69) is 10.0 Å². The number of ketones is 1. The Morgan fingerprint density at radius 3 is 2.31 bits per heavy atom. The van der Waals surface area contributed by atoms with Crippen LogP contribution in [-0.2, 0) is 0 Å². The zero-order valence-corrected chi connectivity index (χ0v) is 16.9. The molecule has 1 aliphatic rings. The second-order valence-electron chi connectivity index (χ2n) is 6.50. The van der Waals surface area contributed by atoms with Crippen LogP contribution < -0.4 is 14.9 Å². The Hall–Kier alpha value is -2.91. The molecule has 0 aromatic heterocycles. The highest BCUT2D eigenvalue weighted by molar-refractivity contribution is 8.26. The van der Waals surface area contributed by atoms with Gasteiger partial charge in [-0.25, -0.2) is 0 Å². The molecule has 0 amide bonds. The molecule has 0 radical (unpaired) electrons. The van der Waals surface area contributed by atoms with Gasteiger partial charge in [-0.15, -0.1) is 10.8 Å². The Balaban J connectivity index is 1.82. The van der Waals surface area contributed by atoms with Crippen molar-refractivity contribution in [3.63, 3.8) is 0 Å². The second kappa shape index (κ2) is 7.84. The molecular weight excluding hydrogens is 406 g/mol. The highest BCUT2D eigenvalue weighted by atomic mass is 32.3. The molecule has 29 heavy (non-hydrogen) atoms. The summed E-state index contributed by atoms with van der Waals surface area (Å²) in [6.45, 7) is 0. The van der Waals surface area contributed by atoms with Gasteiger partial charge >= 0.3 is 0 Å². The standard InChI is InChI=1S/C21H19N3O3S2/c25-19-14-29(26,27)23-20-17(19)12-7-13-18(20)24(16-10-5-2-6-11-16)21(28)22-15-8-3-1-4-9-15/h1-13,23,26-27H,14H2,(H,22,28). The monoisotopic (exact) mass is 425 g/mol. The van der Waals surface area contributed by atoms with E-state index in [0.717, 1.165) is 11.4 Å². The largest absolute Gasteiger partial charge is 0.332 e. The number of anilines is 4. The van der Waals surface area contributed by atoms with Crippen molar-refractivity contribution in [3.05, 3.63) is 84.4 Å². The van der Waals surface area contributed by atoms with E-state index in [1.807, 2.05) is 60.7 Å². The van der Waals surface area contributed by atoms with E-state index in [1.54, 1.807) is 23.1 Å². The summed E-state index contributed by atoms with van der Waals surface area (Å²) in [7, 11) is -3.26. The van der Waals surface area contributed by atoms with Crippen LogP contribution in [0.4, 0.5) is 22.7 Å². The molecule has 0 saturated heterocycles. The van der Waals surface area contributed by atoms with Crippen LogP contribution in [0.15, 0.2) is 78.9 Å². The third-order valence-electron chi connectivity index (χ3n) is 4.42. The summed E-state index contributed by atoms with van der Waals surface area (Å²) in [4.78, 5) is 14.2. The molecule has 0 spiro atoms. The zero-order chi connectivity index (χ0) is 20.4. The van der Waals surface area contributed by atoms with Crippen LogP contribution in [0.1, 0.15) is 10.4 Å². The Kier molecular flexibility index (Phi) is 5.25. The fraction of sp³-hybridized carbons (Fsp3) is 0.0476. The van der Waals surface area contributed by atoms with Crippen molar-refractivity contribution in [3.8, 4) is 0 Å². The molecule has 3 aromatic rings. The lowest BCUT2D eigenvalue weighted by molar-refractivity contribution is 0.101. The molecule has 0 aliphatic carbocycles. The van der Waals surface area contributed by atoms with Crippen molar-refractivity contribution in [1.82, 2.24) is 0 Å². The van der Waals surface area contributed by atoms with Gasteiger partial charge in [-0.1, -0.05) is 42.5 Å². The Bertz CT molecular complexity index is 1060. The van der Waals surface area contributed by atoms with Gasteiger partial charge in [-0.2, -0.15) is 0 Å². The van der Waals surface area contributed by atoms with Gasteiger partial charge in [-0.3, -0.25) is 23.5 Å². The molecule has 3 aromatic carbocycles. The van der Waals surface area contributed by atoms with E-state index in [9.17, 15) is 13.9 Å². The minimum absolute atomic E-state index is 0.324. The number of rotatable bonds is 3. The molecule has 0 atom stereocenters. The van der Waals surface area contributed by atoms with Crippen molar-refractivity contribution >= 4 is 56.6 Å². The first-order chi connectivity index (χ1) is 13.9. The molecule has 0 saturated carbocycles. The molecule has 0 bridgehead atoms. The summed E-state index contributed by atoms with van der Waals surface area (Å²) >= 11 is 5.70. The molecule has 4 rings (SSSR count). The minimum Gasteiger partial charge on any atom is -0.332 e. The first-order valence-corrected chi connectivity index (χ1v) is 11.0. The predicted octanol–water partition coefficient (Wildman–Crippen LogP) is 5.50. The number of Topliss-reactive ketones (excluding diaryl/α,β-unsaturated/α-hetero) is 1. The maximum atomic E-state index is 12.5. The number of thiocarbonyl (C=S) groups is 1. The van der Waals surface area contributed by atoms with Crippen molar-refractivity contribution in [2.75, 3.05) is 20.7 Å². The summed E-state index contributed by atoms with van der Waals surface area (Å²) in [5.74, 6) is -0.669. The van der Waals surface area contributed by atoms with E-state index in [0.29, 0.717) is 22.1 Å². The highest BCUT2D eigenvalue weighted by Gasteiger charge is 2.31. The Morgan fingerprint density at radius 2 is 1.62 bits per heavy atom. The average molecular weight is 426 g/mol. The lowest BCUT2D eigenvalue weighted by Gasteiger charge is -2.39. The summed E-state index contributed by atoms with van der Waals surface area (Å²) in [6.07, 6.45) is 0. The van der Waals surface area contributed by atoms with Gasteiger partial charge < -0.3 is 5.32 Å². The first kappa shape index (κ1) is 19.4. The van der Waals surface area contributed by atoms with Gasteiger partial charge in [0, 0.05) is 16.9 Å². The lowest BCUT2D eigenvalue weighted by Crippen LogP contribution is -2.33. The topological polar surface area (TPSA) is 84.8 Å². The number of para-hydroxylation sites is 3. The second-order valence-corrected chi connectivity index (χ2v) is 8.72. The number of fused-ring (bicyclic) bond motifs is 1. The van der Waals surface area contributed by atoms with Crippen molar-refractivity contribution < 1.29 is 13.9 Å². The van der Waals surface area contributed by atoms with Gasteiger partial charge in [0.2, 0.25) is 0 Å². The van der Waals surface area contributed by atoms with E-state index in [4.69, 9.17) is 12.2 Å². The van der Waals surface area contributed by atoms with Crippen molar-refractivity contribution in [1.29, 1.82) is 0 Å². The molecule has 148 valence electrons. The van der Waals surface area contributed by atoms with E-state index >= 15 is 0 Å². The smallest absolute Gasteiger partial charge is 0.186 e. The number of hydrogen-bond donors (Lipinski definition) is 4. The van der Waals surface area contributed by atoms with E-state index < -0.39 is 10.8 Å². The lowest BCUT2D eigenvalue weighted by atomic mass is 10.1. The maximum Gasteiger partial charge on any atom is 0.186 e. The van der Waals surface area contributed by atoms with Gasteiger partial charge in [0.15, 0.2) is 10.9 Å². The average Bonchev–Trinajstić information content (AvgIpc) is 2.69. The third-order valence-corrected chi connectivity index (χ3v) is 5.90. The highest BCUT2D eigenvalue weighted by Crippen LogP contribution is 2.49. The first-order valence-electron chi connectivity index (χ1n) is 8.86. The number of nitrogens with one attached hydrogen (secondary N) is 2.